The van der Waals surface area contributed by atoms with Gasteiger partial charge >= 0.3 is 5.97 Å². The first kappa shape index (κ1) is 13.9. The van der Waals surface area contributed by atoms with E-state index in [4.69, 9.17) is 9.84 Å². The van der Waals surface area contributed by atoms with E-state index in [1.165, 1.54) is 24.4 Å². The van der Waals surface area contributed by atoms with Crippen molar-refractivity contribution >= 4 is 5.97 Å². The van der Waals surface area contributed by atoms with Crippen LogP contribution in [-0.2, 0) is 0 Å². The Kier molecular flexibility index (Phi) is 3.93. The molecule has 6 heteroatoms. The summed E-state index contributed by atoms with van der Waals surface area (Å²) < 4.78 is 18.8. The van der Waals surface area contributed by atoms with Crippen molar-refractivity contribution in [3.63, 3.8) is 0 Å². The van der Waals surface area contributed by atoms with Crippen molar-refractivity contribution in [2.24, 2.45) is 0 Å². The Morgan fingerprint density at radius 3 is 2.60 bits per heavy atom. The highest BCUT2D eigenvalue weighted by atomic mass is 19.1. The van der Waals surface area contributed by atoms with Crippen LogP contribution in [0.3, 0.4) is 0 Å². The molecule has 20 heavy (non-hydrogen) atoms. The molecule has 0 saturated carbocycles. The summed E-state index contributed by atoms with van der Waals surface area (Å²) in [6, 6.07) is 5.72. The molecule has 1 aromatic carbocycles. The van der Waals surface area contributed by atoms with Crippen LogP contribution in [0.25, 0.3) is 0 Å². The van der Waals surface area contributed by atoms with Crippen molar-refractivity contribution in [2.45, 2.75) is 19.8 Å². The van der Waals surface area contributed by atoms with Crippen molar-refractivity contribution in [1.29, 1.82) is 0 Å². The zero-order valence-electron chi connectivity index (χ0n) is 11.0. The van der Waals surface area contributed by atoms with Gasteiger partial charge in [0.15, 0.2) is 23.0 Å². The molecule has 0 unspecified atom stereocenters. The molecule has 0 spiro atoms. The summed E-state index contributed by atoms with van der Waals surface area (Å²) in [5.74, 6) is -1.63. The average molecular weight is 276 g/mol. The third-order valence-corrected chi connectivity index (χ3v) is 2.55. The number of para-hydroxylation sites is 1. The van der Waals surface area contributed by atoms with Gasteiger partial charge in [0.05, 0.1) is 6.20 Å². The lowest BCUT2D eigenvalue weighted by Gasteiger charge is -2.10. The number of carboxylic acids is 1. The molecule has 5 nitrogen and oxygen atoms in total. The minimum absolute atomic E-state index is 0.0180. The van der Waals surface area contributed by atoms with Gasteiger partial charge in [-0.15, -0.1) is 0 Å². The second-order valence-corrected chi connectivity index (χ2v) is 4.43. The van der Waals surface area contributed by atoms with Crippen molar-refractivity contribution in [1.82, 2.24) is 9.97 Å². The van der Waals surface area contributed by atoms with Gasteiger partial charge in [-0.3, -0.25) is 0 Å². The maximum Gasteiger partial charge on any atom is 0.358 e. The van der Waals surface area contributed by atoms with Crippen LogP contribution in [0.4, 0.5) is 4.39 Å². The molecule has 0 saturated heterocycles. The van der Waals surface area contributed by atoms with Gasteiger partial charge < -0.3 is 9.84 Å². The lowest BCUT2D eigenvalue weighted by atomic mass is 10.2. The van der Waals surface area contributed by atoms with Crippen LogP contribution >= 0.6 is 0 Å². The number of aromatic nitrogens is 2. The predicted octanol–water partition coefficient (Wildman–Crippen LogP) is 3.23. The standard InChI is InChI=1S/C14H13FN2O3/c1-8(2)13-16-7-11(12(17-13)14(18)19)20-10-6-4-3-5-9(10)15/h3-8H,1-2H3,(H,18,19). The fourth-order valence-corrected chi connectivity index (χ4v) is 1.54. The van der Waals surface area contributed by atoms with E-state index < -0.39 is 11.8 Å². The minimum Gasteiger partial charge on any atom is -0.476 e. The molecule has 2 rings (SSSR count). The van der Waals surface area contributed by atoms with Crippen LogP contribution in [0.5, 0.6) is 11.5 Å². The zero-order valence-corrected chi connectivity index (χ0v) is 11.0. The third kappa shape index (κ3) is 2.90. The summed E-state index contributed by atoms with van der Waals surface area (Å²) in [5, 5.41) is 9.16. The molecule has 0 radical (unpaired) electrons. The number of aromatic carboxylic acids is 1. The molecule has 0 bridgehead atoms. The van der Waals surface area contributed by atoms with Gasteiger partial charge in [0, 0.05) is 5.92 Å². The summed E-state index contributed by atoms with van der Waals surface area (Å²) >= 11 is 0. The molecule has 0 atom stereocenters. The molecule has 0 amide bonds. The highest BCUT2D eigenvalue weighted by molar-refractivity contribution is 5.88. The summed E-state index contributed by atoms with van der Waals surface area (Å²) in [6.45, 7) is 3.69. The minimum atomic E-state index is -1.25. The molecule has 1 aromatic heterocycles. The number of halogens is 1. The van der Waals surface area contributed by atoms with E-state index >= 15 is 0 Å². The van der Waals surface area contributed by atoms with Crippen LogP contribution in [0, 0.1) is 5.82 Å². The molecule has 1 N–H and O–H groups in total. The Morgan fingerprint density at radius 2 is 2.00 bits per heavy atom. The second kappa shape index (κ2) is 5.64. The van der Waals surface area contributed by atoms with E-state index in [2.05, 4.69) is 9.97 Å². The SMILES string of the molecule is CC(C)c1ncc(Oc2ccccc2F)c(C(=O)O)n1. The second-order valence-electron chi connectivity index (χ2n) is 4.43. The third-order valence-electron chi connectivity index (χ3n) is 2.55. The molecule has 0 aliphatic rings. The lowest BCUT2D eigenvalue weighted by Crippen LogP contribution is -2.08. The van der Waals surface area contributed by atoms with Crippen molar-refractivity contribution in [3.05, 3.63) is 47.8 Å². The first-order chi connectivity index (χ1) is 9.49. The van der Waals surface area contributed by atoms with Gasteiger partial charge in [0.25, 0.3) is 0 Å². The quantitative estimate of drug-likeness (QED) is 0.928. The fourth-order valence-electron chi connectivity index (χ4n) is 1.54. The number of rotatable bonds is 4. The maximum absolute atomic E-state index is 13.5. The fraction of sp³-hybridized carbons (Fsp3) is 0.214. The highest BCUT2D eigenvalue weighted by Gasteiger charge is 2.18. The van der Waals surface area contributed by atoms with Gasteiger partial charge in [-0.05, 0) is 12.1 Å². The number of hydrogen-bond donors (Lipinski definition) is 1. The molecule has 1 heterocycles. The van der Waals surface area contributed by atoms with Gasteiger partial charge in [-0.1, -0.05) is 26.0 Å². The molecule has 0 aliphatic heterocycles. The predicted molar refractivity (Wildman–Crippen MR) is 69.6 cm³/mol. The summed E-state index contributed by atoms with van der Waals surface area (Å²) in [6.07, 6.45) is 1.25. The number of benzene rings is 1. The van der Waals surface area contributed by atoms with Gasteiger partial charge in [0.1, 0.15) is 5.82 Å². The number of nitrogens with zero attached hydrogens (tertiary/aromatic N) is 2. The Bertz CT molecular complexity index is 644. The summed E-state index contributed by atoms with van der Waals surface area (Å²) in [5.41, 5.74) is -0.285. The van der Waals surface area contributed by atoms with E-state index in [1.807, 2.05) is 13.8 Å². The number of ether oxygens (including phenoxy) is 1. The average Bonchev–Trinajstić information content (AvgIpc) is 2.41. The van der Waals surface area contributed by atoms with Crippen molar-refractivity contribution < 1.29 is 19.0 Å². The Hall–Kier alpha value is -2.50. The van der Waals surface area contributed by atoms with Gasteiger partial charge in [0.2, 0.25) is 0 Å². The monoisotopic (exact) mass is 276 g/mol. The lowest BCUT2D eigenvalue weighted by molar-refractivity contribution is 0.0686. The maximum atomic E-state index is 13.5. The molecule has 0 aliphatic carbocycles. The highest BCUT2D eigenvalue weighted by Crippen LogP contribution is 2.26. The summed E-state index contributed by atoms with van der Waals surface area (Å²) in [4.78, 5) is 19.2. The molecular formula is C14H13FN2O3. The van der Waals surface area contributed by atoms with E-state index in [1.54, 1.807) is 6.07 Å². The van der Waals surface area contributed by atoms with Gasteiger partial charge in [-0.2, -0.15) is 0 Å². The Labute approximate surface area is 115 Å². The van der Waals surface area contributed by atoms with E-state index in [0.29, 0.717) is 5.82 Å². The normalized spacial score (nSPS) is 10.6. The van der Waals surface area contributed by atoms with E-state index in [0.717, 1.165) is 0 Å². The first-order valence-corrected chi connectivity index (χ1v) is 6.01. The Morgan fingerprint density at radius 1 is 1.30 bits per heavy atom. The summed E-state index contributed by atoms with van der Waals surface area (Å²) in [7, 11) is 0. The van der Waals surface area contributed by atoms with Crippen LogP contribution in [-0.4, -0.2) is 21.0 Å². The van der Waals surface area contributed by atoms with E-state index in [9.17, 15) is 9.18 Å². The molecule has 0 fully saturated rings. The molecule has 2 aromatic rings. The van der Waals surface area contributed by atoms with Crippen LogP contribution < -0.4 is 4.74 Å². The van der Waals surface area contributed by atoms with Crippen molar-refractivity contribution in [2.75, 3.05) is 0 Å². The zero-order chi connectivity index (χ0) is 14.7. The number of hydrogen-bond acceptors (Lipinski definition) is 4. The smallest absolute Gasteiger partial charge is 0.358 e. The molecule has 104 valence electrons. The topological polar surface area (TPSA) is 72.3 Å². The number of carbonyl (C=O) groups is 1. The van der Waals surface area contributed by atoms with Gasteiger partial charge in [-0.25, -0.2) is 19.2 Å². The van der Waals surface area contributed by atoms with Crippen molar-refractivity contribution in [3.8, 4) is 11.5 Å². The first-order valence-electron chi connectivity index (χ1n) is 6.01. The van der Waals surface area contributed by atoms with Crippen LogP contribution in [0.15, 0.2) is 30.5 Å². The Balaban J connectivity index is 2.41. The van der Waals surface area contributed by atoms with E-state index in [-0.39, 0.29) is 23.1 Å². The largest absolute Gasteiger partial charge is 0.476 e. The van der Waals surface area contributed by atoms with Crippen LogP contribution in [0.2, 0.25) is 0 Å². The van der Waals surface area contributed by atoms with Crippen LogP contribution in [0.1, 0.15) is 36.1 Å². The number of carboxylic acid groups (broad SMARTS) is 1. The molecular weight excluding hydrogens is 263 g/mol.